The number of hydrogen-bond donors (Lipinski definition) is 2. The number of benzene rings is 2. The summed E-state index contributed by atoms with van der Waals surface area (Å²) < 4.78 is 5.44. The van der Waals surface area contributed by atoms with Crippen molar-refractivity contribution in [2.75, 3.05) is 44.7 Å². The summed E-state index contributed by atoms with van der Waals surface area (Å²) in [5.41, 5.74) is 3.34. The Hall–Kier alpha value is -3.49. The topological polar surface area (TPSA) is 95.0 Å². The Morgan fingerprint density at radius 3 is 2.67 bits per heavy atom. The van der Waals surface area contributed by atoms with Gasteiger partial charge in [-0.05, 0) is 47.2 Å². The molecule has 0 radical (unpaired) electrons. The summed E-state index contributed by atoms with van der Waals surface area (Å²) in [6.07, 6.45) is 4.05. The molecule has 2 fully saturated rings. The molecule has 0 aliphatic carbocycles. The van der Waals surface area contributed by atoms with E-state index in [0.717, 1.165) is 48.8 Å². The van der Waals surface area contributed by atoms with Crippen LogP contribution in [0.25, 0.3) is 10.8 Å². The lowest BCUT2D eigenvalue weighted by atomic mass is 9.93. The molecular formula is C28H32N4O4. The summed E-state index contributed by atoms with van der Waals surface area (Å²) in [6, 6.07) is 15.5. The van der Waals surface area contributed by atoms with Gasteiger partial charge in [0.15, 0.2) is 6.29 Å². The van der Waals surface area contributed by atoms with Crippen LogP contribution in [0.5, 0.6) is 0 Å². The second-order valence-electron chi connectivity index (χ2n) is 9.52. The molecular weight excluding hydrogens is 456 g/mol. The smallest absolute Gasteiger partial charge is 0.320 e. The lowest BCUT2D eigenvalue weighted by Gasteiger charge is -2.23. The molecule has 0 saturated carbocycles. The van der Waals surface area contributed by atoms with Gasteiger partial charge in [-0.15, -0.1) is 0 Å². The number of aliphatic hydroxyl groups excluding tert-OH is 1. The number of rotatable bonds is 9. The van der Waals surface area contributed by atoms with E-state index in [2.05, 4.69) is 16.4 Å². The van der Waals surface area contributed by atoms with Crippen LogP contribution in [0.4, 0.5) is 10.5 Å². The maximum Gasteiger partial charge on any atom is 0.320 e. The maximum absolute atomic E-state index is 12.9. The molecule has 2 aliphatic rings. The van der Waals surface area contributed by atoms with Gasteiger partial charge in [0, 0.05) is 50.3 Å². The van der Waals surface area contributed by atoms with Crippen molar-refractivity contribution in [1.82, 2.24) is 14.8 Å². The average Bonchev–Trinajstić information content (AvgIpc) is 3.26. The van der Waals surface area contributed by atoms with Crippen LogP contribution in [-0.2, 0) is 11.3 Å². The molecule has 2 aromatic carbocycles. The van der Waals surface area contributed by atoms with Crippen LogP contribution in [0.3, 0.4) is 0 Å². The first-order chi connectivity index (χ1) is 17.6. The molecule has 1 unspecified atom stereocenters. The second kappa shape index (κ2) is 11.1. The molecule has 8 heteroatoms. The number of carbonyl (C=O) groups excluding carboxylic acids is 2. The highest BCUT2D eigenvalue weighted by Gasteiger charge is 2.30. The van der Waals surface area contributed by atoms with Gasteiger partial charge in [0.1, 0.15) is 0 Å². The van der Waals surface area contributed by atoms with E-state index in [-0.39, 0.29) is 19.1 Å². The van der Waals surface area contributed by atoms with Gasteiger partial charge in [-0.2, -0.15) is 0 Å². The van der Waals surface area contributed by atoms with Crippen molar-refractivity contribution in [3.05, 3.63) is 71.5 Å². The molecule has 188 valence electrons. The third-order valence-corrected chi connectivity index (χ3v) is 7.12. The highest BCUT2D eigenvalue weighted by Crippen LogP contribution is 2.27. The fraction of sp³-hybridized carbons (Fsp3) is 0.393. The van der Waals surface area contributed by atoms with Gasteiger partial charge in [0.05, 0.1) is 24.9 Å². The monoisotopic (exact) mass is 488 g/mol. The molecule has 3 aromatic rings. The molecule has 2 aliphatic heterocycles. The minimum Gasteiger partial charge on any atom is -0.389 e. The molecule has 2 N–H and O–H groups in total. The number of nitrogens with one attached hydrogen (secondary N) is 1. The van der Waals surface area contributed by atoms with E-state index >= 15 is 0 Å². The number of pyridine rings is 1. The molecule has 2 amide bonds. The predicted molar refractivity (Wildman–Crippen MR) is 138 cm³/mol. The minimum absolute atomic E-state index is 0.0939. The van der Waals surface area contributed by atoms with Crippen molar-refractivity contribution in [2.45, 2.75) is 31.4 Å². The predicted octanol–water partition coefficient (Wildman–Crippen LogP) is 3.65. The second-order valence-corrected chi connectivity index (χ2v) is 9.52. The van der Waals surface area contributed by atoms with E-state index < -0.39 is 6.10 Å². The number of β-amino-alcohol motifs (C(OH)–C–C–N with tert-alkyl or cyclic N) is 1. The quantitative estimate of drug-likeness (QED) is 0.447. The molecule has 1 aromatic heterocycles. The Kier molecular flexibility index (Phi) is 7.44. The highest BCUT2D eigenvalue weighted by atomic mass is 16.5. The fourth-order valence-electron chi connectivity index (χ4n) is 5.07. The SMILES string of the molecule is O=Cc1c(NCC(O)CN2CCN(Cc3ccc(C4CCOCC4)cn3)C2=O)ccc2ccccc12. The molecule has 1 atom stereocenters. The largest absolute Gasteiger partial charge is 0.389 e. The van der Waals surface area contributed by atoms with Crippen LogP contribution in [-0.4, -0.2) is 77.7 Å². The van der Waals surface area contributed by atoms with Crippen LogP contribution in [0.15, 0.2) is 54.7 Å². The highest BCUT2D eigenvalue weighted by molar-refractivity contribution is 6.03. The summed E-state index contributed by atoms with van der Waals surface area (Å²) in [6.45, 7) is 3.67. The lowest BCUT2D eigenvalue weighted by Crippen LogP contribution is -2.39. The number of ether oxygens (including phenoxy) is 1. The molecule has 0 bridgehead atoms. The zero-order chi connectivity index (χ0) is 24.9. The molecule has 5 rings (SSSR count). The van der Waals surface area contributed by atoms with Crippen molar-refractivity contribution >= 4 is 28.8 Å². The van der Waals surface area contributed by atoms with Crippen molar-refractivity contribution in [3.8, 4) is 0 Å². The number of carbonyl (C=O) groups is 2. The zero-order valence-corrected chi connectivity index (χ0v) is 20.3. The molecule has 0 spiro atoms. The van der Waals surface area contributed by atoms with Gasteiger partial charge in [0.25, 0.3) is 0 Å². The summed E-state index contributed by atoms with van der Waals surface area (Å²) in [5, 5.41) is 15.6. The van der Waals surface area contributed by atoms with Gasteiger partial charge in [-0.1, -0.05) is 36.4 Å². The van der Waals surface area contributed by atoms with E-state index in [9.17, 15) is 14.7 Å². The number of amides is 2. The molecule has 8 nitrogen and oxygen atoms in total. The van der Waals surface area contributed by atoms with Crippen LogP contribution < -0.4 is 5.32 Å². The van der Waals surface area contributed by atoms with Crippen LogP contribution in [0.2, 0.25) is 0 Å². The number of aldehydes is 1. The summed E-state index contributed by atoms with van der Waals surface area (Å²) >= 11 is 0. The number of fused-ring (bicyclic) bond motifs is 1. The van der Waals surface area contributed by atoms with Crippen molar-refractivity contribution in [3.63, 3.8) is 0 Å². The number of hydrogen-bond acceptors (Lipinski definition) is 6. The van der Waals surface area contributed by atoms with Crippen molar-refractivity contribution in [1.29, 1.82) is 0 Å². The Morgan fingerprint density at radius 2 is 1.89 bits per heavy atom. The first kappa shape index (κ1) is 24.2. The van der Waals surface area contributed by atoms with Crippen molar-refractivity contribution in [2.24, 2.45) is 0 Å². The summed E-state index contributed by atoms with van der Waals surface area (Å²) in [4.78, 5) is 32.7. The fourth-order valence-corrected chi connectivity index (χ4v) is 5.07. The standard InChI is InChI=1S/C28H32N4O4/c33-19-26-25-4-2-1-3-21(25)6-8-27(26)30-16-24(34)18-32-12-11-31(28(32)35)17-23-7-5-22(15-29-23)20-9-13-36-14-10-20/h1-8,15,19-20,24,30,34H,9-14,16-18H2. The zero-order valence-electron chi connectivity index (χ0n) is 20.3. The third-order valence-electron chi connectivity index (χ3n) is 7.12. The minimum atomic E-state index is -0.767. The van der Waals surface area contributed by atoms with E-state index in [1.165, 1.54) is 5.56 Å². The van der Waals surface area contributed by atoms with Gasteiger partial charge < -0.3 is 25.0 Å². The van der Waals surface area contributed by atoms with Crippen LogP contribution in [0, 0.1) is 0 Å². The number of urea groups is 1. The van der Waals surface area contributed by atoms with Crippen LogP contribution in [0.1, 0.15) is 40.4 Å². The van der Waals surface area contributed by atoms with Crippen LogP contribution >= 0.6 is 0 Å². The Labute approximate surface area is 210 Å². The maximum atomic E-state index is 12.9. The van der Waals surface area contributed by atoms with Gasteiger partial charge in [-0.3, -0.25) is 9.78 Å². The molecule has 36 heavy (non-hydrogen) atoms. The van der Waals surface area contributed by atoms with Gasteiger partial charge in [-0.25, -0.2) is 4.79 Å². The molecule has 2 saturated heterocycles. The van der Waals surface area contributed by atoms with E-state index in [1.807, 2.05) is 48.7 Å². The van der Waals surface area contributed by atoms with E-state index in [1.54, 1.807) is 9.80 Å². The van der Waals surface area contributed by atoms with Gasteiger partial charge in [0.2, 0.25) is 0 Å². The molecule has 3 heterocycles. The Balaban J connectivity index is 1.13. The van der Waals surface area contributed by atoms with Crippen molar-refractivity contribution < 1.29 is 19.4 Å². The van der Waals surface area contributed by atoms with Gasteiger partial charge >= 0.3 is 6.03 Å². The van der Waals surface area contributed by atoms with E-state index in [0.29, 0.717) is 36.8 Å². The Morgan fingerprint density at radius 1 is 1.08 bits per heavy atom. The lowest BCUT2D eigenvalue weighted by molar-refractivity contribution is 0.0852. The summed E-state index contributed by atoms with van der Waals surface area (Å²) in [5.74, 6) is 0.497. The Bertz CT molecular complexity index is 1210. The average molecular weight is 489 g/mol. The normalized spacial score (nSPS) is 17.5. The number of nitrogens with zero attached hydrogens (tertiary/aromatic N) is 3. The number of aliphatic hydroxyl groups is 1. The first-order valence-corrected chi connectivity index (χ1v) is 12.6. The number of anilines is 1. The summed E-state index contributed by atoms with van der Waals surface area (Å²) in [7, 11) is 0. The number of aromatic nitrogens is 1. The first-order valence-electron chi connectivity index (χ1n) is 12.6. The third kappa shape index (κ3) is 5.34. The van der Waals surface area contributed by atoms with E-state index in [4.69, 9.17) is 4.74 Å².